The van der Waals surface area contributed by atoms with Crippen molar-refractivity contribution in [3.63, 3.8) is 0 Å². The molecule has 0 spiro atoms. The lowest BCUT2D eigenvalue weighted by Crippen LogP contribution is -2.29. The summed E-state index contributed by atoms with van der Waals surface area (Å²) in [5.74, 6) is 0.197. The average Bonchev–Trinajstić information content (AvgIpc) is 2.81. The van der Waals surface area contributed by atoms with E-state index in [0.717, 1.165) is 0 Å². The zero-order valence-electron chi connectivity index (χ0n) is 10.1. The van der Waals surface area contributed by atoms with Crippen LogP contribution in [0.1, 0.15) is 6.42 Å². The highest BCUT2D eigenvalue weighted by Gasteiger charge is 2.12. The Labute approximate surface area is 109 Å². The summed E-state index contributed by atoms with van der Waals surface area (Å²) in [5, 5.41) is 20.2. The fourth-order valence-electron chi connectivity index (χ4n) is 1.12. The van der Waals surface area contributed by atoms with E-state index in [4.69, 9.17) is 5.26 Å². The zero-order chi connectivity index (χ0) is 13.4. The Balaban J connectivity index is 2.44. The molecule has 0 N–H and O–H groups in total. The number of rotatable bonds is 7. The summed E-state index contributed by atoms with van der Waals surface area (Å²) in [6.07, 6.45) is 2.02. The van der Waals surface area contributed by atoms with E-state index in [1.807, 2.05) is 6.07 Å². The second kappa shape index (κ2) is 7.45. The molecule has 0 radical (unpaired) electrons. The van der Waals surface area contributed by atoms with Gasteiger partial charge in [-0.25, -0.2) is 4.68 Å². The third-order valence-corrected chi connectivity index (χ3v) is 3.05. The van der Waals surface area contributed by atoms with Crippen LogP contribution in [0.25, 0.3) is 0 Å². The summed E-state index contributed by atoms with van der Waals surface area (Å²) in [5.41, 5.74) is 0. The molecule has 7 nitrogen and oxygen atoms in total. The Morgan fingerprint density at radius 2 is 2.50 bits per heavy atom. The number of aromatic nitrogens is 4. The van der Waals surface area contributed by atoms with Gasteiger partial charge in [-0.3, -0.25) is 4.79 Å². The molecular formula is C10H14N6OS. The lowest BCUT2D eigenvalue weighted by atomic mass is 10.4. The summed E-state index contributed by atoms with van der Waals surface area (Å²) in [7, 11) is 1.67. The molecule has 8 heteroatoms. The highest BCUT2D eigenvalue weighted by molar-refractivity contribution is 7.99. The molecule has 1 aromatic heterocycles. The molecule has 0 saturated carbocycles. The van der Waals surface area contributed by atoms with E-state index in [2.05, 4.69) is 22.1 Å². The molecule has 0 aliphatic rings. The molecule has 1 amide bonds. The highest BCUT2D eigenvalue weighted by atomic mass is 32.2. The van der Waals surface area contributed by atoms with E-state index in [1.165, 1.54) is 16.7 Å². The van der Waals surface area contributed by atoms with Crippen molar-refractivity contribution in [1.82, 2.24) is 25.1 Å². The second-order valence-electron chi connectivity index (χ2n) is 3.44. The van der Waals surface area contributed by atoms with Gasteiger partial charge in [0.25, 0.3) is 0 Å². The second-order valence-corrected chi connectivity index (χ2v) is 4.39. The van der Waals surface area contributed by atoms with Gasteiger partial charge < -0.3 is 4.90 Å². The van der Waals surface area contributed by atoms with E-state index in [0.29, 0.717) is 24.7 Å². The number of tetrazole rings is 1. The minimum absolute atomic E-state index is 0.0524. The van der Waals surface area contributed by atoms with Crippen LogP contribution in [-0.2, 0) is 11.3 Å². The van der Waals surface area contributed by atoms with Gasteiger partial charge >= 0.3 is 0 Å². The summed E-state index contributed by atoms with van der Waals surface area (Å²) < 4.78 is 1.57. The lowest BCUT2D eigenvalue weighted by Gasteiger charge is -2.14. The van der Waals surface area contributed by atoms with Gasteiger partial charge in [0.2, 0.25) is 11.1 Å². The fraction of sp³-hybridized carbons (Fsp3) is 0.500. The molecule has 18 heavy (non-hydrogen) atoms. The molecule has 0 bridgehead atoms. The van der Waals surface area contributed by atoms with E-state index < -0.39 is 0 Å². The molecule has 0 saturated heterocycles. The van der Waals surface area contributed by atoms with Crippen LogP contribution in [0.3, 0.4) is 0 Å². The van der Waals surface area contributed by atoms with E-state index >= 15 is 0 Å². The predicted octanol–water partition coefficient (Wildman–Crippen LogP) is 0.323. The average molecular weight is 266 g/mol. The van der Waals surface area contributed by atoms with Crippen LogP contribution in [0, 0.1) is 11.3 Å². The summed E-state index contributed by atoms with van der Waals surface area (Å²) >= 11 is 1.27. The Bertz CT molecular complexity index is 451. The molecule has 0 aliphatic heterocycles. The minimum Gasteiger partial charge on any atom is -0.344 e. The van der Waals surface area contributed by atoms with Crippen molar-refractivity contribution in [2.75, 3.05) is 19.3 Å². The first kappa shape index (κ1) is 14.2. The van der Waals surface area contributed by atoms with Crippen LogP contribution >= 0.6 is 11.8 Å². The van der Waals surface area contributed by atoms with E-state index in [9.17, 15) is 4.79 Å². The smallest absolute Gasteiger partial charge is 0.232 e. The van der Waals surface area contributed by atoms with Crippen LogP contribution in [0.4, 0.5) is 0 Å². The van der Waals surface area contributed by atoms with Crippen LogP contribution in [0.15, 0.2) is 17.8 Å². The molecule has 1 heterocycles. The van der Waals surface area contributed by atoms with Gasteiger partial charge in [0.15, 0.2) is 0 Å². The lowest BCUT2D eigenvalue weighted by molar-refractivity contribution is -0.127. The summed E-state index contributed by atoms with van der Waals surface area (Å²) in [4.78, 5) is 13.2. The maximum Gasteiger partial charge on any atom is 0.232 e. The number of carbonyl (C=O) groups excluding carboxylic acids is 1. The van der Waals surface area contributed by atoms with E-state index in [-0.39, 0.29) is 11.7 Å². The first-order valence-corrected chi connectivity index (χ1v) is 6.28. The maximum absolute atomic E-state index is 11.7. The molecule has 1 aromatic rings. The largest absolute Gasteiger partial charge is 0.344 e. The van der Waals surface area contributed by atoms with Gasteiger partial charge in [-0.2, -0.15) is 5.26 Å². The van der Waals surface area contributed by atoms with Crippen LogP contribution in [0.5, 0.6) is 0 Å². The van der Waals surface area contributed by atoms with Gasteiger partial charge in [-0.15, -0.1) is 11.7 Å². The number of nitriles is 1. The molecule has 0 unspecified atom stereocenters. The van der Waals surface area contributed by atoms with E-state index in [1.54, 1.807) is 17.8 Å². The monoisotopic (exact) mass is 266 g/mol. The molecular weight excluding hydrogens is 252 g/mol. The fourth-order valence-corrected chi connectivity index (χ4v) is 1.94. The quantitative estimate of drug-likeness (QED) is 0.522. The number of hydrogen-bond donors (Lipinski definition) is 0. The van der Waals surface area contributed by atoms with Crippen LogP contribution < -0.4 is 0 Å². The normalized spacial score (nSPS) is 9.78. The zero-order valence-corrected chi connectivity index (χ0v) is 10.9. The number of carbonyl (C=O) groups is 1. The number of hydrogen-bond acceptors (Lipinski definition) is 6. The molecule has 1 rings (SSSR count). The minimum atomic E-state index is -0.0524. The Morgan fingerprint density at radius 1 is 1.72 bits per heavy atom. The number of nitrogens with zero attached hydrogens (tertiary/aromatic N) is 6. The number of amides is 1. The standard InChI is InChI=1S/C10H14N6OS/c1-3-6-16-10(12-13-14-16)18-8-9(17)15(2)7-4-5-11/h3H,1,4,6-8H2,2H3. The topological polar surface area (TPSA) is 87.7 Å². The number of allylic oxidation sites excluding steroid dienone is 1. The molecule has 96 valence electrons. The predicted molar refractivity (Wildman–Crippen MR) is 66.6 cm³/mol. The molecule has 0 fully saturated rings. The van der Waals surface area contributed by atoms with Crippen molar-refractivity contribution in [3.05, 3.63) is 12.7 Å². The van der Waals surface area contributed by atoms with Crippen molar-refractivity contribution >= 4 is 17.7 Å². The molecule has 0 atom stereocenters. The van der Waals surface area contributed by atoms with Gasteiger partial charge in [0.1, 0.15) is 0 Å². The van der Waals surface area contributed by atoms with Gasteiger partial charge in [-0.1, -0.05) is 17.8 Å². The molecule has 0 aromatic carbocycles. The summed E-state index contributed by atoms with van der Waals surface area (Å²) in [6, 6.07) is 2.00. The third kappa shape index (κ3) is 4.18. The summed E-state index contributed by atoms with van der Waals surface area (Å²) in [6.45, 7) is 4.55. The SMILES string of the molecule is C=CCn1nnnc1SCC(=O)N(C)CCC#N. The van der Waals surface area contributed by atoms with Crippen molar-refractivity contribution in [2.24, 2.45) is 0 Å². The third-order valence-electron chi connectivity index (χ3n) is 2.11. The first-order chi connectivity index (χ1) is 8.69. The maximum atomic E-state index is 11.7. The van der Waals surface area contributed by atoms with Crippen molar-refractivity contribution < 1.29 is 4.79 Å². The van der Waals surface area contributed by atoms with Crippen molar-refractivity contribution in [1.29, 1.82) is 5.26 Å². The van der Waals surface area contributed by atoms with Crippen LogP contribution in [-0.4, -0.2) is 50.4 Å². The van der Waals surface area contributed by atoms with Crippen LogP contribution in [0.2, 0.25) is 0 Å². The van der Waals surface area contributed by atoms with Crippen molar-refractivity contribution in [3.8, 4) is 6.07 Å². The Morgan fingerprint density at radius 3 is 3.17 bits per heavy atom. The Kier molecular flexibility index (Phi) is 5.87. The first-order valence-electron chi connectivity index (χ1n) is 5.29. The van der Waals surface area contributed by atoms with Crippen molar-refractivity contribution in [2.45, 2.75) is 18.1 Å². The molecule has 0 aliphatic carbocycles. The van der Waals surface area contributed by atoms with Gasteiger partial charge in [0, 0.05) is 13.6 Å². The van der Waals surface area contributed by atoms with Gasteiger partial charge in [-0.05, 0) is 10.4 Å². The van der Waals surface area contributed by atoms with Gasteiger partial charge in [0.05, 0.1) is 24.8 Å². The Hall–Kier alpha value is -1.88. The number of thioether (sulfide) groups is 1. The highest BCUT2D eigenvalue weighted by Crippen LogP contribution is 2.13.